The summed E-state index contributed by atoms with van der Waals surface area (Å²) in [5, 5.41) is 0. The number of benzene rings is 1. The second-order valence-corrected chi connectivity index (χ2v) is 2.53. The van der Waals surface area contributed by atoms with Crippen LogP contribution in [0.15, 0.2) is 24.3 Å². The second kappa shape index (κ2) is 3.08. The van der Waals surface area contributed by atoms with Gasteiger partial charge in [-0.1, -0.05) is 12.1 Å². The molecule has 0 unspecified atom stereocenters. The predicted molar refractivity (Wildman–Crippen MR) is 40.6 cm³/mol. The molecule has 10 heavy (non-hydrogen) atoms. The first-order valence-electron chi connectivity index (χ1n) is 2.58. The molecule has 0 aliphatic rings. The summed E-state index contributed by atoms with van der Waals surface area (Å²) in [5.74, 6) is -0.437. The largest absolute Gasteiger partial charge is 0.205 e. The Morgan fingerprint density at radius 2 is 1.80 bits per heavy atom. The zero-order chi connectivity index (χ0) is 7.56. The van der Waals surface area contributed by atoms with E-state index in [1.54, 1.807) is 12.1 Å². The molecule has 0 amide bonds. The fourth-order valence-electron chi connectivity index (χ4n) is 0.589. The number of anilines is 1. The molecule has 1 aromatic rings. The monoisotopic (exact) mass is 179 g/mol. The standard InChI is InChI=1S/C6H4Cl2FN/c7-10(8)6-4-2-1-3-5(6)9/h1-4H. The third kappa shape index (κ3) is 1.52. The van der Waals surface area contributed by atoms with Crippen LogP contribution in [0.5, 0.6) is 0 Å². The maximum Gasteiger partial charge on any atom is 0.149 e. The highest BCUT2D eigenvalue weighted by molar-refractivity contribution is 6.49. The molecule has 0 bridgehead atoms. The molecule has 0 heterocycles. The Morgan fingerprint density at radius 1 is 1.20 bits per heavy atom. The van der Waals surface area contributed by atoms with E-state index in [-0.39, 0.29) is 5.69 Å². The smallest absolute Gasteiger partial charge is 0.149 e. The molecular formula is C6H4Cl2FN. The summed E-state index contributed by atoms with van der Waals surface area (Å²) >= 11 is 10.5. The molecule has 0 saturated heterocycles. The van der Waals surface area contributed by atoms with Gasteiger partial charge in [-0.25, -0.2) is 4.39 Å². The molecule has 4 heteroatoms. The molecule has 0 fully saturated rings. The van der Waals surface area contributed by atoms with Gasteiger partial charge in [0.15, 0.2) is 0 Å². The van der Waals surface area contributed by atoms with E-state index in [2.05, 4.69) is 0 Å². The molecule has 1 nitrogen and oxygen atoms in total. The number of hydrogen-bond acceptors (Lipinski definition) is 1. The minimum absolute atomic E-state index is 0.158. The summed E-state index contributed by atoms with van der Waals surface area (Å²) in [6.07, 6.45) is 0. The number of rotatable bonds is 1. The van der Waals surface area contributed by atoms with Gasteiger partial charge in [-0.2, -0.15) is 3.94 Å². The van der Waals surface area contributed by atoms with E-state index in [1.165, 1.54) is 12.1 Å². The van der Waals surface area contributed by atoms with Gasteiger partial charge in [0.2, 0.25) is 0 Å². The SMILES string of the molecule is Fc1ccccc1N(Cl)Cl. The van der Waals surface area contributed by atoms with Gasteiger partial charge in [0, 0.05) is 23.6 Å². The van der Waals surface area contributed by atoms with Gasteiger partial charge in [0.1, 0.15) is 11.5 Å². The molecule has 0 aliphatic heterocycles. The molecule has 0 aromatic heterocycles. The first kappa shape index (κ1) is 7.63. The Labute approximate surface area is 68.2 Å². The van der Waals surface area contributed by atoms with E-state index in [9.17, 15) is 4.39 Å². The van der Waals surface area contributed by atoms with Crippen LogP contribution in [0.4, 0.5) is 10.1 Å². The second-order valence-electron chi connectivity index (χ2n) is 1.68. The van der Waals surface area contributed by atoms with Crippen LogP contribution in [0, 0.1) is 5.82 Å². The molecule has 0 spiro atoms. The van der Waals surface area contributed by atoms with Crippen LogP contribution in [0.2, 0.25) is 0 Å². The topological polar surface area (TPSA) is 3.24 Å². The average molecular weight is 180 g/mol. The van der Waals surface area contributed by atoms with Crippen molar-refractivity contribution in [3.63, 3.8) is 0 Å². The van der Waals surface area contributed by atoms with Crippen molar-refractivity contribution in [1.29, 1.82) is 0 Å². The molecule has 54 valence electrons. The third-order valence-corrected chi connectivity index (χ3v) is 1.40. The minimum atomic E-state index is -0.437. The molecule has 0 N–H and O–H groups in total. The summed E-state index contributed by atoms with van der Waals surface area (Å²) in [4.78, 5) is 0. The first-order valence-corrected chi connectivity index (χ1v) is 3.25. The molecule has 0 atom stereocenters. The highest BCUT2D eigenvalue weighted by Crippen LogP contribution is 2.21. The predicted octanol–water partition coefficient (Wildman–Crippen LogP) is 2.94. The molecule has 0 aliphatic carbocycles. The summed E-state index contributed by atoms with van der Waals surface area (Å²) in [5.41, 5.74) is 0.158. The summed E-state index contributed by atoms with van der Waals surface area (Å²) in [6, 6.07) is 5.98. The van der Waals surface area contributed by atoms with Crippen molar-refractivity contribution in [2.45, 2.75) is 0 Å². The van der Waals surface area contributed by atoms with Crippen molar-refractivity contribution in [3.8, 4) is 0 Å². The average Bonchev–Trinajstić information content (AvgIpc) is 1.88. The van der Waals surface area contributed by atoms with Gasteiger partial charge in [0.05, 0.1) is 0 Å². The molecule has 1 aromatic carbocycles. The fraction of sp³-hybridized carbons (Fsp3) is 0. The van der Waals surface area contributed by atoms with Crippen molar-refractivity contribution >= 4 is 29.2 Å². The maximum atomic E-state index is 12.6. The molecule has 0 saturated carbocycles. The van der Waals surface area contributed by atoms with E-state index >= 15 is 0 Å². The molecule has 0 radical (unpaired) electrons. The number of nitrogens with zero attached hydrogens (tertiary/aromatic N) is 1. The zero-order valence-electron chi connectivity index (χ0n) is 4.89. The third-order valence-electron chi connectivity index (χ3n) is 1.03. The van der Waals surface area contributed by atoms with E-state index in [0.29, 0.717) is 3.94 Å². The molecule has 1 rings (SSSR count). The van der Waals surface area contributed by atoms with Gasteiger partial charge < -0.3 is 0 Å². The first-order chi connectivity index (χ1) is 4.72. The lowest BCUT2D eigenvalue weighted by Crippen LogP contribution is -1.94. The van der Waals surface area contributed by atoms with Gasteiger partial charge in [-0.15, -0.1) is 0 Å². The highest BCUT2D eigenvalue weighted by atomic mass is 35.5. The number of para-hydroxylation sites is 1. The van der Waals surface area contributed by atoms with Crippen LogP contribution in [-0.2, 0) is 0 Å². The van der Waals surface area contributed by atoms with Gasteiger partial charge in [-0.05, 0) is 12.1 Å². The summed E-state index contributed by atoms with van der Waals surface area (Å²) in [7, 11) is 0. The fourth-order valence-corrected chi connectivity index (χ4v) is 0.863. The Balaban J connectivity index is 3.03. The Hall–Kier alpha value is -0.470. The normalized spacial score (nSPS) is 9.50. The van der Waals surface area contributed by atoms with E-state index in [1.807, 2.05) is 0 Å². The van der Waals surface area contributed by atoms with Crippen LogP contribution in [0.3, 0.4) is 0 Å². The van der Waals surface area contributed by atoms with Gasteiger partial charge >= 0.3 is 0 Å². The van der Waals surface area contributed by atoms with Crippen molar-refractivity contribution in [2.24, 2.45) is 0 Å². The summed E-state index contributed by atoms with van der Waals surface area (Å²) < 4.78 is 13.3. The van der Waals surface area contributed by atoms with Crippen molar-refractivity contribution in [2.75, 3.05) is 3.94 Å². The van der Waals surface area contributed by atoms with E-state index in [0.717, 1.165) is 0 Å². The van der Waals surface area contributed by atoms with Crippen molar-refractivity contribution in [1.82, 2.24) is 0 Å². The van der Waals surface area contributed by atoms with Crippen molar-refractivity contribution < 1.29 is 4.39 Å². The van der Waals surface area contributed by atoms with Gasteiger partial charge in [-0.3, -0.25) is 0 Å². The Morgan fingerprint density at radius 3 is 2.20 bits per heavy atom. The number of halogens is 3. The van der Waals surface area contributed by atoms with E-state index in [4.69, 9.17) is 23.6 Å². The maximum absolute atomic E-state index is 12.6. The van der Waals surface area contributed by atoms with Crippen LogP contribution >= 0.6 is 23.6 Å². The van der Waals surface area contributed by atoms with E-state index < -0.39 is 5.82 Å². The van der Waals surface area contributed by atoms with Crippen LogP contribution < -0.4 is 3.94 Å². The Kier molecular flexibility index (Phi) is 2.35. The minimum Gasteiger partial charge on any atom is -0.205 e. The lowest BCUT2D eigenvalue weighted by molar-refractivity contribution is 0.631. The zero-order valence-corrected chi connectivity index (χ0v) is 6.40. The quantitative estimate of drug-likeness (QED) is 0.600. The highest BCUT2D eigenvalue weighted by Gasteiger charge is 2.03. The lowest BCUT2D eigenvalue weighted by atomic mass is 10.3. The van der Waals surface area contributed by atoms with Crippen molar-refractivity contribution in [3.05, 3.63) is 30.1 Å². The summed E-state index contributed by atoms with van der Waals surface area (Å²) in [6.45, 7) is 0. The van der Waals surface area contributed by atoms with Crippen LogP contribution in [0.25, 0.3) is 0 Å². The van der Waals surface area contributed by atoms with Crippen LogP contribution in [-0.4, -0.2) is 0 Å². The van der Waals surface area contributed by atoms with Crippen LogP contribution in [0.1, 0.15) is 0 Å². The lowest BCUT2D eigenvalue weighted by Gasteiger charge is -2.04. The Bertz CT molecular complexity index is 227. The molecular weight excluding hydrogens is 176 g/mol. The van der Waals surface area contributed by atoms with Gasteiger partial charge in [0.25, 0.3) is 0 Å². The number of hydrogen-bond donors (Lipinski definition) is 0.